The van der Waals surface area contributed by atoms with E-state index >= 15 is 0 Å². The van der Waals surface area contributed by atoms with E-state index in [0.29, 0.717) is 12.8 Å². The monoisotopic (exact) mass is 194 g/mol. The number of fused-ring (bicyclic) bond motifs is 1. The van der Waals surface area contributed by atoms with Crippen LogP contribution >= 0.6 is 0 Å². The van der Waals surface area contributed by atoms with Gasteiger partial charge in [-0.25, -0.2) is 4.39 Å². The van der Waals surface area contributed by atoms with E-state index < -0.39 is 0 Å². The molecule has 0 saturated carbocycles. The molecule has 1 atom stereocenters. The predicted octanol–water partition coefficient (Wildman–Crippen LogP) is 1.86. The molecule has 0 saturated heterocycles. The summed E-state index contributed by atoms with van der Waals surface area (Å²) >= 11 is 0. The van der Waals surface area contributed by atoms with Gasteiger partial charge in [-0.1, -0.05) is 6.07 Å². The van der Waals surface area contributed by atoms with Crippen LogP contribution in [-0.4, -0.2) is 12.1 Å². The molecular formula is C11H11FO2. The number of esters is 1. The van der Waals surface area contributed by atoms with Crippen molar-refractivity contribution in [3.63, 3.8) is 0 Å². The number of halogens is 1. The van der Waals surface area contributed by atoms with Crippen molar-refractivity contribution in [2.45, 2.75) is 25.9 Å². The van der Waals surface area contributed by atoms with Gasteiger partial charge in [0, 0.05) is 19.8 Å². The molecule has 0 bridgehead atoms. The Morgan fingerprint density at radius 1 is 1.43 bits per heavy atom. The Bertz CT molecular complexity index is 374. The number of rotatable bonds is 1. The van der Waals surface area contributed by atoms with Gasteiger partial charge in [-0.3, -0.25) is 4.79 Å². The van der Waals surface area contributed by atoms with Crippen LogP contribution in [-0.2, 0) is 22.4 Å². The molecular weight excluding hydrogens is 183 g/mol. The normalized spacial score (nSPS) is 19.1. The summed E-state index contributed by atoms with van der Waals surface area (Å²) in [6, 6.07) is 4.71. The van der Waals surface area contributed by atoms with Gasteiger partial charge in [0.05, 0.1) is 0 Å². The maximum absolute atomic E-state index is 12.8. The van der Waals surface area contributed by atoms with E-state index in [1.165, 1.54) is 19.1 Å². The number of hydrogen-bond donors (Lipinski definition) is 0. The molecule has 0 N–H and O–H groups in total. The van der Waals surface area contributed by atoms with Crippen molar-refractivity contribution in [3.05, 3.63) is 35.1 Å². The van der Waals surface area contributed by atoms with Gasteiger partial charge < -0.3 is 4.74 Å². The Balaban J connectivity index is 2.14. The molecule has 1 aromatic rings. The summed E-state index contributed by atoms with van der Waals surface area (Å²) in [7, 11) is 0. The smallest absolute Gasteiger partial charge is 0.302 e. The molecule has 14 heavy (non-hydrogen) atoms. The Morgan fingerprint density at radius 3 is 2.86 bits per heavy atom. The molecule has 1 aromatic carbocycles. The summed E-state index contributed by atoms with van der Waals surface area (Å²) in [5, 5.41) is 0. The fourth-order valence-electron chi connectivity index (χ4n) is 1.86. The molecule has 0 fully saturated rings. The average Bonchev–Trinajstić information content (AvgIpc) is 2.44. The molecule has 2 rings (SSSR count). The third-order valence-corrected chi connectivity index (χ3v) is 2.40. The predicted molar refractivity (Wildman–Crippen MR) is 49.4 cm³/mol. The summed E-state index contributed by atoms with van der Waals surface area (Å²) in [5.41, 5.74) is 2.04. The van der Waals surface area contributed by atoms with Gasteiger partial charge in [-0.05, 0) is 23.3 Å². The van der Waals surface area contributed by atoms with Crippen molar-refractivity contribution < 1.29 is 13.9 Å². The van der Waals surface area contributed by atoms with Gasteiger partial charge in [0.15, 0.2) is 0 Å². The first-order valence-electron chi connectivity index (χ1n) is 4.59. The van der Waals surface area contributed by atoms with Crippen LogP contribution in [0.15, 0.2) is 18.2 Å². The van der Waals surface area contributed by atoms with E-state index in [4.69, 9.17) is 4.74 Å². The molecule has 0 amide bonds. The van der Waals surface area contributed by atoms with Crippen molar-refractivity contribution in [1.29, 1.82) is 0 Å². The highest BCUT2D eigenvalue weighted by atomic mass is 19.1. The third-order valence-electron chi connectivity index (χ3n) is 2.40. The van der Waals surface area contributed by atoms with E-state index in [9.17, 15) is 9.18 Å². The van der Waals surface area contributed by atoms with Crippen molar-refractivity contribution in [3.8, 4) is 0 Å². The van der Waals surface area contributed by atoms with Crippen molar-refractivity contribution in [1.82, 2.24) is 0 Å². The molecule has 3 heteroatoms. The van der Waals surface area contributed by atoms with Gasteiger partial charge >= 0.3 is 5.97 Å². The fraction of sp³-hybridized carbons (Fsp3) is 0.364. The minimum Gasteiger partial charge on any atom is -0.462 e. The molecule has 0 aromatic heterocycles. The Morgan fingerprint density at radius 2 is 2.14 bits per heavy atom. The zero-order valence-corrected chi connectivity index (χ0v) is 7.92. The third kappa shape index (κ3) is 1.76. The van der Waals surface area contributed by atoms with Gasteiger partial charge in [-0.2, -0.15) is 0 Å². The first-order valence-corrected chi connectivity index (χ1v) is 4.59. The number of ether oxygens (including phenoxy) is 1. The Labute approximate surface area is 81.7 Å². The van der Waals surface area contributed by atoms with E-state index in [1.807, 2.05) is 0 Å². The summed E-state index contributed by atoms with van der Waals surface area (Å²) < 4.78 is 17.9. The lowest BCUT2D eigenvalue weighted by Crippen LogP contribution is -2.15. The first-order chi connectivity index (χ1) is 6.65. The molecule has 1 aliphatic carbocycles. The molecule has 74 valence electrons. The van der Waals surface area contributed by atoms with Crippen molar-refractivity contribution in [2.75, 3.05) is 0 Å². The number of hydrogen-bond acceptors (Lipinski definition) is 2. The molecule has 1 unspecified atom stereocenters. The summed E-state index contributed by atoms with van der Waals surface area (Å²) in [6.07, 6.45) is 1.23. The second-order valence-corrected chi connectivity index (χ2v) is 3.55. The quantitative estimate of drug-likeness (QED) is 0.638. The highest BCUT2D eigenvalue weighted by Crippen LogP contribution is 2.24. The van der Waals surface area contributed by atoms with E-state index in [-0.39, 0.29) is 17.9 Å². The molecule has 0 spiro atoms. The zero-order chi connectivity index (χ0) is 10.1. The van der Waals surface area contributed by atoms with Gasteiger partial charge in [0.2, 0.25) is 0 Å². The maximum Gasteiger partial charge on any atom is 0.302 e. The van der Waals surface area contributed by atoms with Crippen molar-refractivity contribution in [2.24, 2.45) is 0 Å². The summed E-state index contributed by atoms with van der Waals surface area (Å²) in [6.45, 7) is 1.39. The van der Waals surface area contributed by atoms with Gasteiger partial charge in [0.25, 0.3) is 0 Å². The highest BCUT2D eigenvalue weighted by molar-refractivity contribution is 5.66. The second-order valence-electron chi connectivity index (χ2n) is 3.55. The van der Waals surface area contributed by atoms with E-state index in [1.54, 1.807) is 6.07 Å². The highest BCUT2D eigenvalue weighted by Gasteiger charge is 2.23. The Hall–Kier alpha value is -1.38. The topological polar surface area (TPSA) is 26.3 Å². The van der Waals surface area contributed by atoms with Crippen LogP contribution in [0.5, 0.6) is 0 Å². The van der Waals surface area contributed by atoms with Gasteiger partial charge in [0.1, 0.15) is 11.9 Å². The molecule has 1 aliphatic rings. The van der Waals surface area contributed by atoms with E-state index in [0.717, 1.165) is 11.1 Å². The fourth-order valence-corrected chi connectivity index (χ4v) is 1.86. The molecule has 2 nitrogen and oxygen atoms in total. The number of carbonyl (C=O) groups is 1. The van der Waals surface area contributed by atoms with Crippen LogP contribution in [0.2, 0.25) is 0 Å². The van der Waals surface area contributed by atoms with Crippen LogP contribution < -0.4 is 0 Å². The van der Waals surface area contributed by atoms with Crippen molar-refractivity contribution >= 4 is 5.97 Å². The van der Waals surface area contributed by atoms with E-state index in [2.05, 4.69) is 0 Å². The van der Waals surface area contributed by atoms with Crippen LogP contribution in [0.3, 0.4) is 0 Å². The number of benzene rings is 1. The molecule has 0 radical (unpaired) electrons. The Kier molecular flexibility index (Phi) is 2.23. The van der Waals surface area contributed by atoms with Crippen LogP contribution in [0.4, 0.5) is 4.39 Å². The lowest BCUT2D eigenvalue weighted by atomic mass is 10.1. The summed E-state index contributed by atoms with van der Waals surface area (Å²) in [5.74, 6) is -0.504. The first kappa shape index (κ1) is 9.19. The zero-order valence-electron chi connectivity index (χ0n) is 7.92. The minimum atomic E-state index is -0.275. The SMILES string of the molecule is CC(=O)OC1Cc2ccc(F)cc2C1. The lowest BCUT2D eigenvalue weighted by molar-refractivity contribution is -0.145. The lowest BCUT2D eigenvalue weighted by Gasteiger charge is -2.08. The van der Waals surface area contributed by atoms with Crippen LogP contribution in [0.25, 0.3) is 0 Å². The maximum atomic E-state index is 12.8. The van der Waals surface area contributed by atoms with Crippen LogP contribution in [0.1, 0.15) is 18.1 Å². The minimum absolute atomic E-state index is 0.107. The second kappa shape index (κ2) is 3.40. The average molecular weight is 194 g/mol. The summed E-state index contributed by atoms with van der Waals surface area (Å²) in [4.78, 5) is 10.7. The molecule has 0 aliphatic heterocycles. The largest absolute Gasteiger partial charge is 0.462 e. The van der Waals surface area contributed by atoms with Crippen LogP contribution in [0, 0.1) is 5.82 Å². The standard InChI is InChI=1S/C11H11FO2/c1-7(13)14-11-5-8-2-3-10(12)4-9(8)6-11/h2-4,11H,5-6H2,1H3. The number of carbonyl (C=O) groups excluding carboxylic acids is 1. The van der Waals surface area contributed by atoms with Gasteiger partial charge in [-0.15, -0.1) is 0 Å². The molecule has 0 heterocycles.